The lowest BCUT2D eigenvalue weighted by Gasteiger charge is -2.35. The lowest BCUT2D eigenvalue weighted by Crippen LogP contribution is -2.35. The summed E-state index contributed by atoms with van der Waals surface area (Å²) < 4.78 is 14.4. The highest BCUT2D eigenvalue weighted by Gasteiger charge is 2.28. The monoisotopic (exact) mass is 357 g/mol. The topological polar surface area (TPSA) is 46.8 Å². The highest BCUT2D eigenvalue weighted by Crippen LogP contribution is 2.36. The molecule has 0 fully saturated rings. The molecule has 0 saturated carbocycles. The molecule has 5 nitrogen and oxygen atoms in total. The Morgan fingerprint density at radius 3 is 3.00 bits per heavy atom. The van der Waals surface area contributed by atoms with Gasteiger partial charge in [-0.05, 0) is 25.0 Å². The highest BCUT2D eigenvalue weighted by atomic mass is 32.1. The van der Waals surface area contributed by atoms with Gasteiger partial charge < -0.3 is 4.90 Å². The second-order valence-corrected chi connectivity index (χ2v) is 7.22. The minimum atomic E-state index is -0.437. The number of anilines is 1. The average Bonchev–Trinajstić information content (AvgIpc) is 3.24. The Hall–Kier alpha value is -2.28. The maximum Gasteiger partial charge on any atom is 0.146 e. The number of hydrogen-bond donors (Lipinski definition) is 0. The van der Waals surface area contributed by atoms with Gasteiger partial charge in [0.2, 0.25) is 0 Å². The van der Waals surface area contributed by atoms with Crippen LogP contribution in [-0.2, 0) is 19.5 Å². The van der Waals surface area contributed by atoms with Crippen molar-refractivity contribution in [3.8, 4) is 0 Å². The number of nitrogens with zero attached hydrogens (tertiary/aromatic N) is 5. The van der Waals surface area contributed by atoms with Crippen LogP contribution in [0.15, 0.2) is 36.0 Å². The van der Waals surface area contributed by atoms with Gasteiger partial charge in [0, 0.05) is 29.2 Å². The van der Waals surface area contributed by atoms with Crippen LogP contribution < -0.4 is 4.90 Å². The van der Waals surface area contributed by atoms with Gasteiger partial charge in [-0.15, -0.1) is 11.3 Å². The Morgan fingerprint density at radius 1 is 1.32 bits per heavy atom. The minimum absolute atomic E-state index is 0.250. The van der Waals surface area contributed by atoms with E-state index in [0.29, 0.717) is 12.5 Å². The Balaban J connectivity index is 1.64. The Kier molecular flexibility index (Phi) is 4.48. The van der Waals surface area contributed by atoms with E-state index >= 15 is 0 Å². The van der Waals surface area contributed by atoms with Gasteiger partial charge in [0.05, 0.1) is 18.1 Å². The molecule has 130 valence electrons. The quantitative estimate of drug-likeness (QED) is 0.702. The third-order valence-corrected chi connectivity index (χ3v) is 5.67. The number of aromatic nitrogens is 4. The molecule has 4 rings (SSSR count). The Bertz CT molecular complexity index is 859. The number of para-hydroxylation sites is 1. The summed E-state index contributed by atoms with van der Waals surface area (Å²) in [4.78, 5) is 11.3. The molecule has 1 aromatic carbocycles. The van der Waals surface area contributed by atoms with Crippen LogP contribution >= 0.6 is 11.3 Å². The van der Waals surface area contributed by atoms with E-state index in [4.69, 9.17) is 4.98 Å². The first-order chi connectivity index (χ1) is 12.2. The number of hydrogen-bond acceptors (Lipinski definition) is 5. The fourth-order valence-corrected chi connectivity index (χ4v) is 4.30. The van der Waals surface area contributed by atoms with Crippen LogP contribution in [-0.4, -0.2) is 33.0 Å². The Morgan fingerprint density at radius 2 is 2.20 bits per heavy atom. The summed E-state index contributed by atoms with van der Waals surface area (Å²) in [5.41, 5.74) is 3.62. The predicted octanol–water partition coefficient (Wildman–Crippen LogP) is 3.36. The molecule has 1 aliphatic rings. The molecule has 0 saturated heterocycles. The van der Waals surface area contributed by atoms with Crippen molar-refractivity contribution >= 4 is 17.0 Å². The molecule has 0 aliphatic carbocycles. The second kappa shape index (κ2) is 6.92. The third kappa shape index (κ3) is 3.28. The van der Waals surface area contributed by atoms with Crippen molar-refractivity contribution < 1.29 is 4.39 Å². The zero-order chi connectivity index (χ0) is 17.2. The van der Waals surface area contributed by atoms with E-state index in [1.807, 2.05) is 6.92 Å². The molecule has 1 aliphatic heterocycles. The molecule has 3 heterocycles. The van der Waals surface area contributed by atoms with Crippen LogP contribution in [0.2, 0.25) is 0 Å². The molecule has 7 heteroatoms. The SMILES string of the molecule is Cc1csc(C2Cc3ccccc3N(Cc3ncnn3CCF)C2)n1. The first kappa shape index (κ1) is 16.2. The van der Waals surface area contributed by atoms with E-state index in [2.05, 4.69) is 44.6 Å². The molecule has 0 spiro atoms. The standard InChI is InChI=1S/C18H20FN5S/c1-13-11-25-18(22-13)15-8-14-4-2-3-5-16(14)23(9-15)10-17-20-12-21-24(17)7-6-19/h2-5,11-12,15H,6-10H2,1H3. The minimum Gasteiger partial charge on any atom is -0.363 e. The molecule has 1 atom stereocenters. The summed E-state index contributed by atoms with van der Waals surface area (Å²) in [6.45, 7) is 3.35. The molecule has 2 aromatic heterocycles. The summed E-state index contributed by atoms with van der Waals surface area (Å²) in [6, 6.07) is 8.47. The van der Waals surface area contributed by atoms with E-state index in [1.165, 1.54) is 22.6 Å². The zero-order valence-corrected chi connectivity index (χ0v) is 14.9. The molecule has 0 bridgehead atoms. The van der Waals surface area contributed by atoms with Gasteiger partial charge >= 0.3 is 0 Å². The number of halogens is 1. The molecule has 3 aromatic rings. The number of benzene rings is 1. The van der Waals surface area contributed by atoms with Crippen molar-refractivity contribution in [2.45, 2.75) is 32.4 Å². The number of fused-ring (bicyclic) bond motifs is 1. The molecule has 0 radical (unpaired) electrons. The van der Waals surface area contributed by atoms with Crippen LogP contribution in [0, 0.1) is 6.92 Å². The van der Waals surface area contributed by atoms with Crippen molar-refractivity contribution in [2.24, 2.45) is 0 Å². The van der Waals surface area contributed by atoms with Crippen molar-refractivity contribution in [3.05, 3.63) is 58.1 Å². The first-order valence-electron chi connectivity index (χ1n) is 8.42. The van der Waals surface area contributed by atoms with Crippen LogP contribution in [0.5, 0.6) is 0 Å². The van der Waals surface area contributed by atoms with Gasteiger partial charge in [-0.2, -0.15) is 5.10 Å². The normalized spacial score (nSPS) is 16.9. The number of aryl methyl sites for hydroxylation is 2. The van der Waals surface area contributed by atoms with Crippen molar-refractivity contribution in [2.75, 3.05) is 18.1 Å². The van der Waals surface area contributed by atoms with Gasteiger partial charge in [0.25, 0.3) is 0 Å². The molecule has 1 unspecified atom stereocenters. The van der Waals surface area contributed by atoms with E-state index in [1.54, 1.807) is 16.0 Å². The third-order valence-electron chi connectivity index (χ3n) is 4.55. The fraction of sp³-hybridized carbons (Fsp3) is 0.389. The van der Waals surface area contributed by atoms with Crippen molar-refractivity contribution in [3.63, 3.8) is 0 Å². The predicted molar refractivity (Wildman–Crippen MR) is 96.8 cm³/mol. The Labute approximate surface area is 150 Å². The van der Waals surface area contributed by atoms with Gasteiger partial charge in [-0.3, -0.25) is 0 Å². The molecule has 0 amide bonds. The van der Waals surface area contributed by atoms with Crippen LogP contribution in [0.25, 0.3) is 0 Å². The van der Waals surface area contributed by atoms with E-state index in [0.717, 1.165) is 24.5 Å². The number of rotatable bonds is 5. The average molecular weight is 357 g/mol. The van der Waals surface area contributed by atoms with Crippen molar-refractivity contribution in [1.82, 2.24) is 19.7 Å². The number of alkyl halides is 1. The van der Waals surface area contributed by atoms with Gasteiger partial charge in [-0.25, -0.2) is 19.0 Å². The van der Waals surface area contributed by atoms with Gasteiger partial charge in [0.15, 0.2) is 0 Å². The van der Waals surface area contributed by atoms with E-state index in [-0.39, 0.29) is 6.54 Å². The van der Waals surface area contributed by atoms with Crippen LogP contribution in [0.1, 0.15) is 28.0 Å². The summed E-state index contributed by atoms with van der Waals surface area (Å²) in [7, 11) is 0. The fourth-order valence-electron chi connectivity index (χ4n) is 3.41. The smallest absolute Gasteiger partial charge is 0.146 e. The van der Waals surface area contributed by atoms with Crippen LogP contribution in [0.3, 0.4) is 0 Å². The summed E-state index contributed by atoms with van der Waals surface area (Å²) in [5, 5.41) is 7.43. The first-order valence-corrected chi connectivity index (χ1v) is 9.30. The summed E-state index contributed by atoms with van der Waals surface area (Å²) in [6.07, 6.45) is 2.50. The molecule has 25 heavy (non-hydrogen) atoms. The molecular weight excluding hydrogens is 337 g/mol. The van der Waals surface area contributed by atoms with Crippen molar-refractivity contribution in [1.29, 1.82) is 0 Å². The van der Waals surface area contributed by atoms with Gasteiger partial charge in [-0.1, -0.05) is 18.2 Å². The lowest BCUT2D eigenvalue weighted by atomic mass is 9.93. The van der Waals surface area contributed by atoms with E-state index in [9.17, 15) is 4.39 Å². The summed E-state index contributed by atoms with van der Waals surface area (Å²) >= 11 is 1.73. The largest absolute Gasteiger partial charge is 0.363 e. The second-order valence-electron chi connectivity index (χ2n) is 6.33. The van der Waals surface area contributed by atoms with E-state index < -0.39 is 6.67 Å². The maximum atomic E-state index is 12.7. The van der Waals surface area contributed by atoms with Gasteiger partial charge in [0.1, 0.15) is 18.8 Å². The summed E-state index contributed by atoms with van der Waals surface area (Å²) in [5.74, 6) is 1.16. The highest BCUT2D eigenvalue weighted by molar-refractivity contribution is 7.09. The van der Waals surface area contributed by atoms with Crippen LogP contribution in [0.4, 0.5) is 10.1 Å². The molecule has 0 N–H and O–H groups in total. The number of thiazole rings is 1. The maximum absolute atomic E-state index is 12.7. The lowest BCUT2D eigenvalue weighted by molar-refractivity contribution is 0.417. The zero-order valence-electron chi connectivity index (χ0n) is 14.1. The molecular formula is C18H20FN5S.